The third-order valence-corrected chi connectivity index (χ3v) is 5.78. The zero-order chi connectivity index (χ0) is 20.3. The van der Waals surface area contributed by atoms with Crippen molar-refractivity contribution in [3.63, 3.8) is 0 Å². The lowest BCUT2D eigenvalue weighted by atomic mass is 10.2. The molecule has 6 nitrogen and oxygen atoms in total. The molecule has 1 aliphatic heterocycles. The number of ether oxygens (including phenoxy) is 1. The van der Waals surface area contributed by atoms with Gasteiger partial charge in [0.15, 0.2) is 0 Å². The maximum Gasteiger partial charge on any atom is 0.294 e. The topological polar surface area (TPSA) is 75.7 Å². The summed E-state index contributed by atoms with van der Waals surface area (Å²) in [4.78, 5) is 38.1. The Morgan fingerprint density at radius 2 is 1.96 bits per heavy atom. The summed E-state index contributed by atoms with van der Waals surface area (Å²) >= 11 is 8.75. The molecule has 0 radical (unpaired) electrons. The van der Waals surface area contributed by atoms with Gasteiger partial charge in [0.05, 0.1) is 15.6 Å². The Balaban J connectivity index is 1.69. The Hall–Kier alpha value is -2.04. The fourth-order valence-electron chi connectivity index (χ4n) is 2.44. The number of nitrogens with one attached hydrogen (secondary N) is 1. The first kappa shape index (κ1) is 20.7. The van der Waals surface area contributed by atoms with Crippen molar-refractivity contribution in [2.24, 2.45) is 0 Å². The summed E-state index contributed by atoms with van der Waals surface area (Å²) in [6.07, 6.45) is 1.63. The summed E-state index contributed by atoms with van der Waals surface area (Å²) in [5, 5.41) is 2.70. The first-order valence-corrected chi connectivity index (χ1v) is 10.3. The van der Waals surface area contributed by atoms with Crippen molar-refractivity contribution in [1.29, 1.82) is 0 Å². The van der Waals surface area contributed by atoms with Crippen LogP contribution in [-0.2, 0) is 9.59 Å². The summed E-state index contributed by atoms with van der Waals surface area (Å²) in [5.41, 5.74) is 1.30. The molecule has 2 aromatic rings. The molecule has 3 amide bonds. The van der Waals surface area contributed by atoms with Gasteiger partial charge in [0.1, 0.15) is 12.3 Å². The molecule has 0 saturated carbocycles. The van der Waals surface area contributed by atoms with Crippen LogP contribution in [0.3, 0.4) is 0 Å². The Morgan fingerprint density at radius 3 is 2.61 bits per heavy atom. The lowest BCUT2D eigenvalue weighted by Crippen LogP contribution is -2.36. The van der Waals surface area contributed by atoms with Crippen molar-refractivity contribution in [2.75, 3.05) is 19.0 Å². The molecule has 2 aromatic carbocycles. The first-order chi connectivity index (χ1) is 13.4. The van der Waals surface area contributed by atoms with Gasteiger partial charge in [-0.3, -0.25) is 19.3 Å². The number of hydrogen-bond donors (Lipinski definition) is 1. The van der Waals surface area contributed by atoms with Crippen LogP contribution in [0.15, 0.2) is 47.4 Å². The zero-order valence-electron chi connectivity index (χ0n) is 14.6. The summed E-state index contributed by atoms with van der Waals surface area (Å²) in [5.74, 6) is -0.235. The highest BCUT2D eigenvalue weighted by Gasteiger charge is 2.36. The molecule has 1 N–H and O–H groups in total. The Bertz CT molecular complexity index is 978. The predicted octanol–water partition coefficient (Wildman–Crippen LogP) is 4.63. The molecule has 0 spiro atoms. The number of anilines is 1. The summed E-state index contributed by atoms with van der Waals surface area (Å²) in [6.45, 7) is -0.356. The number of benzene rings is 2. The molecule has 0 aliphatic carbocycles. The van der Waals surface area contributed by atoms with Crippen LogP contribution in [-0.4, -0.2) is 35.6 Å². The standard InChI is InChI=1S/C19H14ClIN2O4S/c1-27-15-7-2-11(8-14(15)21)9-16-18(25)23(19(26)28-16)10-17(24)22-13-5-3-12(20)4-6-13/h2-9H,10H2,1H3,(H,22,24)/b16-9-. The Morgan fingerprint density at radius 1 is 1.25 bits per heavy atom. The van der Waals surface area contributed by atoms with E-state index in [-0.39, 0.29) is 11.4 Å². The van der Waals surface area contributed by atoms with E-state index in [1.165, 1.54) is 0 Å². The molecule has 1 fully saturated rings. The molecule has 0 bridgehead atoms. The minimum Gasteiger partial charge on any atom is -0.496 e. The highest BCUT2D eigenvalue weighted by molar-refractivity contribution is 14.1. The predicted molar refractivity (Wildman–Crippen MR) is 118 cm³/mol. The lowest BCUT2D eigenvalue weighted by molar-refractivity contribution is -0.127. The van der Waals surface area contributed by atoms with Crippen LogP contribution in [0.4, 0.5) is 10.5 Å². The second-order valence-corrected chi connectivity index (χ2v) is 8.31. The molecular weight excluding hydrogens is 515 g/mol. The second kappa shape index (κ2) is 8.97. The summed E-state index contributed by atoms with van der Waals surface area (Å²) in [6, 6.07) is 12.0. The van der Waals surface area contributed by atoms with Gasteiger partial charge < -0.3 is 10.1 Å². The Labute approximate surface area is 184 Å². The van der Waals surface area contributed by atoms with Gasteiger partial charge in [-0.15, -0.1) is 0 Å². The van der Waals surface area contributed by atoms with Crippen LogP contribution in [0.5, 0.6) is 5.75 Å². The average molecular weight is 529 g/mol. The van der Waals surface area contributed by atoms with Crippen molar-refractivity contribution in [3.8, 4) is 5.75 Å². The summed E-state index contributed by atoms with van der Waals surface area (Å²) in [7, 11) is 1.58. The number of amides is 3. The number of thioether (sulfide) groups is 1. The van der Waals surface area contributed by atoms with Gasteiger partial charge in [-0.05, 0) is 82.4 Å². The van der Waals surface area contributed by atoms with E-state index >= 15 is 0 Å². The highest BCUT2D eigenvalue weighted by Crippen LogP contribution is 2.33. The molecule has 144 valence electrons. The van der Waals surface area contributed by atoms with Crippen molar-refractivity contribution < 1.29 is 19.1 Å². The third kappa shape index (κ3) is 4.86. The lowest BCUT2D eigenvalue weighted by Gasteiger charge is -2.12. The van der Waals surface area contributed by atoms with E-state index in [2.05, 4.69) is 27.9 Å². The normalized spacial score (nSPS) is 15.2. The number of hydrogen-bond acceptors (Lipinski definition) is 5. The van der Waals surface area contributed by atoms with E-state index in [9.17, 15) is 14.4 Å². The van der Waals surface area contributed by atoms with Crippen LogP contribution < -0.4 is 10.1 Å². The van der Waals surface area contributed by atoms with Gasteiger partial charge >= 0.3 is 0 Å². The monoisotopic (exact) mass is 528 g/mol. The van der Waals surface area contributed by atoms with Crippen LogP contribution >= 0.6 is 46.0 Å². The smallest absolute Gasteiger partial charge is 0.294 e. The number of nitrogens with zero attached hydrogens (tertiary/aromatic N) is 1. The van der Waals surface area contributed by atoms with Crippen molar-refractivity contribution in [3.05, 3.63) is 61.5 Å². The van der Waals surface area contributed by atoms with E-state index in [1.807, 2.05) is 6.07 Å². The summed E-state index contributed by atoms with van der Waals surface area (Å²) < 4.78 is 6.09. The quantitative estimate of drug-likeness (QED) is 0.453. The van der Waals surface area contributed by atoms with Crippen molar-refractivity contribution >= 4 is 74.8 Å². The fraction of sp³-hybridized carbons (Fsp3) is 0.105. The van der Waals surface area contributed by atoms with Gasteiger partial charge in [0.25, 0.3) is 11.1 Å². The maximum atomic E-state index is 12.6. The third-order valence-electron chi connectivity index (χ3n) is 3.78. The Kier molecular flexibility index (Phi) is 6.63. The van der Waals surface area contributed by atoms with Crippen LogP contribution in [0.1, 0.15) is 5.56 Å². The SMILES string of the molecule is COc1ccc(/C=C2\SC(=O)N(CC(=O)Nc3ccc(Cl)cc3)C2=O)cc1I. The average Bonchev–Trinajstić information content (AvgIpc) is 2.91. The van der Waals surface area contributed by atoms with E-state index in [1.54, 1.807) is 49.6 Å². The minimum absolute atomic E-state index is 0.269. The maximum absolute atomic E-state index is 12.6. The second-order valence-electron chi connectivity index (χ2n) is 5.72. The van der Waals surface area contributed by atoms with E-state index < -0.39 is 17.1 Å². The van der Waals surface area contributed by atoms with E-state index in [0.717, 1.165) is 31.5 Å². The molecule has 1 saturated heterocycles. The molecule has 9 heteroatoms. The van der Waals surface area contributed by atoms with Crippen LogP contribution in [0, 0.1) is 3.57 Å². The van der Waals surface area contributed by atoms with Crippen molar-refractivity contribution in [2.45, 2.75) is 0 Å². The van der Waals surface area contributed by atoms with E-state index in [4.69, 9.17) is 16.3 Å². The number of methoxy groups -OCH3 is 1. The minimum atomic E-state index is -0.493. The molecule has 1 heterocycles. The molecule has 3 rings (SSSR count). The van der Waals surface area contributed by atoms with Gasteiger partial charge in [0, 0.05) is 10.7 Å². The number of rotatable bonds is 5. The molecule has 0 unspecified atom stereocenters. The van der Waals surface area contributed by atoms with Gasteiger partial charge in [0.2, 0.25) is 5.91 Å². The largest absolute Gasteiger partial charge is 0.496 e. The zero-order valence-corrected chi connectivity index (χ0v) is 18.3. The molecule has 28 heavy (non-hydrogen) atoms. The van der Waals surface area contributed by atoms with Gasteiger partial charge in [-0.25, -0.2) is 0 Å². The molecule has 0 atom stereocenters. The number of carbonyl (C=O) groups excluding carboxylic acids is 3. The number of imide groups is 1. The first-order valence-electron chi connectivity index (χ1n) is 8.01. The number of carbonyl (C=O) groups is 3. The fourth-order valence-corrected chi connectivity index (χ4v) is 4.16. The molecular formula is C19H14ClIN2O4S. The van der Waals surface area contributed by atoms with Gasteiger partial charge in [-0.2, -0.15) is 0 Å². The van der Waals surface area contributed by atoms with Crippen LogP contribution in [0.25, 0.3) is 6.08 Å². The van der Waals surface area contributed by atoms with E-state index in [0.29, 0.717) is 10.7 Å². The number of halogens is 2. The van der Waals surface area contributed by atoms with Crippen LogP contribution in [0.2, 0.25) is 5.02 Å². The molecule has 1 aliphatic rings. The highest BCUT2D eigenvalue weighted by atomic mass is 127. The van der Waals surface area contributed by atoms with Gasteiger partial charge in [-0.1, -0.05) is 17.7 Å². The van der Waals surface area contributed by atoms with Crippen molar-refractivity contribution in [1.82, 2.24) is 4.90 Å². The molecule has 0 aromatic heterocycles.